The van der Waals surface area contributed by atoms with Crippen LogP contribution < -0.4 is 0 Å². The molecule has 0 unspecified atom stereocenters. The number of nitrogens with zero attached hydrogens (tertiary/aromatic N) is 1. The Balaban J connectivity index is 4.84. The van der Waals surface area contributed by atoms with Crippen molar-refractivity contribution in [3.8, 4) is 12.3 Å². The molecule has 0 saturated heterocycles. The van der Waals surface area contributed by atoms with Gasteiger partial charge in [0.2, 0.25) is 0 Å². The highest BCUT2D eigenvalue weighted by Gasteiger charge is 2.31. The molecule has 0 aromatic rings. The quantitative estimate of drug-likeness (QED) is 0.475. The highest BCUT2D eigenvalue weighted by molar-refractivity contribution is 7.54. The van der Waals surface area contributed by atoms with Crippen LogP contribution in [-0.2, 0) is 27.2 Å². The second-order valence-electron chi connectivity index (χ2n) is 3.27. The van der Waals surface area contributed by atoms with Crippen molar-refractivity contribution in [3.63, 3.8) is 0 Å². The number of hydrogen-bond acceptors (Lipinski definition) is 7. The molecule has 7 nitrogen and oxygen atoms in total. The Kier molecular flexibility index (Phi) is 8.00. The van der Waals surface area contributed by atoms with E-state index < -0.39 is 15.2 Å². The van der Waals surface area contributed by atoms with E-state index in [1.54, 1.807) is 0 Å². The first-order valence-corrected chi connectivity index (χ1v) is 8.41. The normalized spacial score (nSPS) is 12.7. The van der Waals surface area contributed by atoms with E-state index >= 15 is 0 Å². The van der Waals surface area contributed by atoms with Gasteiger partial charge in [-0.3, -0.25) is 14.0 Å². The maximum absolute atomic E-state index is 12.0. The van der Waals surface area contributed by atoms with Crippen molar-refractivity contribution < 1.29 is 27.2 Å². The summed E-state index contributed by atoms with van der Waals surface area (Å²) in [6.07, 6.45) is 5.01. The Bertz CT molecular complexity index is 336. The average molecular weight is 299 g/mol. The lowest BCUT2D eigenvalue weighted by Crippen LogP contribution is -2.27. The number of terminal acetylenes is 1. The lowest BCUT2D eigenvalue weighted by atomic mass is 10.6. The van der Waals surface area contributed by atoms with Gasteiger partial charge in [-0.2, -0.15) is 0 Å². The van der Waals surface area contributed by atoms with Gasteiger partial charge in [-0.15, -0.1) is 6.42 Å². The lowest BCUT2D eigenvalue weighted by molar-refractivity contribution is 0.231. The van der Waals surface area contributed by atoms with Gasteiger partial charge in [0.15, 0.2) is 0 Å². The predicted molar refractivity (Wildman–Crippen MR) is 68.5 cm³/mol. The summed E-state index contributed by atoms with van der Waals surface area (Å²) in [6, 6.07) is 0. The summed E-state index contributed by atoms with van der Waals surface area (Å²) in [7, 11) is -1.48. The van der Waals surface area contributed by atoms with Crippen LogP contribution in [-0.4, -0.2) is 52.5 Å². The van der Waals surface area contributed by atoms with Gasteiger partial charge in [-0.25, -0.2) is 0 Å². The van der Waals surface area contributed by atoms with Crippen molar-refractivity contribution in [2.45, 2.75) is 0 Å². The van der Waals surface area contributed by atoms with Gasteiger partial charge in [0, 0.05) is 28.4 Å². The van der Waals surface area contributed by atoms with Gasteiger partial charge in [0.05, 0.1) is 6.54 Å². The number of hydrogen-bond donors (Lipinski definition) is 0. The van der Waals surface area contributed by atoms with Crippen molar-refractivity contribution in [2.24, 2.45) is 0 Å². The van der Waals surface area contributed by atoms with Crippen LogP contribution in [0.1, 0.15) is 0 Å². The smallest absolute Gasteiger partial charge is 0.311 e. The Morgan fingerprint density at radius 3 is 1.50 bits per heavy atom. The van der Waals surface area contributed by atoms with Crippen LogP contribution >= 0.6 is 15.2 Å². The zero-order valence-electron chi connectivity index (χ0n) is 11.0. The molecule has 18 heavy (non-hydrogen) atoms. The zero-order valence-corrected chi connectivity index (χ0v) is 12.8. The van der Waals surface area contributed by atoms with E-state index in [4.69, 9.17) is 24.5 Å². The molecule has 0 atom stereocenters. The maximum Gasteiger partial charge on any atom is 0.344 e. The molecule has 0 fully saturated rings. The summed E-state index contributed by atoms with van der Waals surface area (Å²) in [6.45, 7) is 0.118. The fourth-order valence-electron chi connectivity index (χ4n) is 1.14. The summed E-state index contributed by atoms with van der Waals surface area (Å²) in [4.78, 5) is 1.46. The molecule has 0 heterocycles. The predicted octanol–water partition coefficient (Wildman–Crippen LogP) is 1.81. The molecule has 9 heteroatoms. The van der Waals surface area contributed by atoms with Gasteiger partial charge >= 0.3 is 15.2 Å². The Hall–Kier alpha value is -0.180. The topological polar surface area (TPSA) is 74.3 Å². The van der Waals surface area contributed by atoms with Crippen LogP contribution in [0.15, 0.2) is 0 Å². The molecule has 0 aliphatic heterocycles. The van der Waals surface area contributed by atoms with E-state index in [1.807, 2.05) is 0 Å². The van der Waals surface area contributed by atoms with E-state index in [2.05, 4.69) is 5.92 Å². The van der Waals surface area contributed by atoms with Crippen molar-refractivity contribution in [1.29, 1.82) is 0 Å². The average Bonchev–Trinajstić information content (AvgIpc) is 2.38. The molecule has 0 aromatic heterocycles. The lowest BCUT2D eigenvalue weighted by Gasteiger charge is -2.26. The Labute approximate surface area is 108 Å². The molecule has 0 rings (SSSR count). The van der Waals surface area contributed by atoms with Crippen LogP contribution in [0.25, 0.3) is 0 Å². The molecule has 0 amide bonds. The Morgan fingerprint density at radius 1 is 0.944 bits per heavy atom. The minimum absolute atomic E-state index is 0.0963. The summed E-state index contributed by atoms with van der Waals surface area (Å²) in [5.74, 6) is 2.37. The van der Waals surface area contributed by atoms with Gasteiger partial charge in [-0.1, -0.05) is 5.92 Å². The van der Waals surface area contributed by atoms with Crippen LogP contribution in [0.4, 0.5) is 0 Å². The monoisotopic (exact) mass is 299 g/mol. The zero-order chi connectivity index (χ0) is 14.2. The molecule has 0 saturated carbocycles. The third-order valence-electron chi connectivity index (χ3n) is 2.17. The standard InChI is InChI=1S/C9H19NO6P2/c1-6-7-10(8-17(11,13-2)14-3)9-18(12,15-4)16-5/h1H,7-9H2,2-5H3. The minimum atomic E-state index is -3.28. The first-order valence-electron chi connectivity index (χ1n) is 4.95. The first kappa shape index (κ1) is 17.8. The highest BCUT2D eigenvalue weighted by Crippen LogP contribution is 2.51. The molecular formula is C9H19NO6P2. The van der Waals surface area contributed by atoms with Gasteiger partial charge < -0.3 is 18.1 Å². The summed E-state index contributed by atoms with van der Waals surface area (Å²) in [5.41, 5.74) is 0. The van der Waals surface area contributed by atoms with E-state index in [0.717, 1.165) is 0 Å². The molecule has 0 spiro atoms. The van der Waals surface area contributed by atoms with Crippen LogP contribution in [0.2, 0.25) is 0 Å². The van der Waals surface area contributed by atoms with Crippen LogP contribution in [0, 0.1) is 12.3 Å². The van der Waals surface area contributed by atoms with Crippen LogP contribution in [0.3, 0.4) is 0 Å². The minimum Gasteiger partial charge on any atom is -0.311 e. The first-order chi connectivity index (χ1) is 8.38. The van der Waals surface area contributed by atoms with E-state index in [-0.39, 0.29) is 19.1 Å². The number of rotatable bonds is 9. The van der Waals surface area contributed by atoms with E-state index in [9.17, 15) is 9.13 Å². The second-order valence-corrected chi connectivity index (χ2v) is 7.74. The van der Waals surface area contributed by atoms with Gasteiger partial charge in [0.1, 0.15) is 12.6 Å². The maximum atomic E-state index is 12.0. The second kappa shape index (κ2) is 8.08. The summed E-state index contributed by atoms with van der Waals surface area (Å²) < 4.78 is 43.1. The summed E-state index contributed by atoms with van der Waals surface area (Å²) >= 11 is 0. The van der Waals surface area contributed by atoms with E-state index in [1.165, 1.54) is 33.3 Å². The molecule has 0 bridgehead atoms. The van der Waals surface area contributed by atoms with E-state index in [0.29, 0.717) is 0 Å². The van der Waals surface area contributed by atoms with Crippen molar-refractivity contribution in [1.82, 2.24) is 4.90 Å². The molecule has 0 aliphatic carbocycles. The fourth-order valence-corrected chi connectivity index (χ4v) is 3.44. The third-order valence-corrected chi connectivity index (χ3v) is 5.89. The molecule has 0 radical (unpaired) electrons. The van der Waals surface area contributed by atoms with Crippen molar-refractivity contribution >= 4 is 15.2 Å². The third kappa shape index (κ3) is 5.64. The highest BCUT2D eigenvalue weighted by atomic mass is 31.2. The summed E-state index contributed by atoms with van der Waals surface area (Å²) in [5, 5.41) is 0. The van der Waals surface area contributed by atoms with Crippen molar-refractivity contribution in [3.05, 3.63) is 0 Å². The molecule has 0 aliphatic rings. The SMILES string of the molecule is C#CCN(CP(=O)(OC)OC)CP(=O)(OC)OC. The van der Waals surface area contributed by atoms with Crippen LogP contribution in [0.5, 0.6) is 0 Å². The van der Waals surface area contributed by atoms with Crippen molar-refractivity contribution in [2.75, 3.05) is 47.6 Å². The van der Waals surface area contributed by atoms with Gasteiger partial charge in [-0.05, 0) is 0 Å². The molecule has 106 valence electrons. The van der Waals surface area contributed by atoms with Gasteiger partial charge in [0.25, 0.3) is 0 Å². The molecule has 0 N–H and O–H groups in total. The molecular weight excluding hydrogens is 280 g/mol. The Morgan fingerprint density at radius 2 is 1.28 bits per heavy atom. The fraction of sp³-hybridized carbons (Fsp3) is 0.778. The largest absolute Gasteiger partial charge is 0.344 e. The molecule has 0 aromatic carbocycles.